The third kappa shape index (κ3) is 3.80. The van der Waals surface area contributed by atoms with E-state index in [1.54, 1.807) is 0 Å². The van der Waals surface area contributed by atoms with Crippen LogP contribution in [-0.4, -0.2) is 0 Å². The third-order valence-corrected chi connectivity index (χ3v) is 3.47. The highest BCUT2D eigenvalue weighted by molar-refractivity contribution is 6.31. The van der Waals surface area contributed by atoms with Crippen LogP contribution in [0, 0.1) is 12.8 Å². The van der Waals surface area contributed by atoms with Crippen molar-refractivity contribution in [3.8, 4) is 0 Å². The van der Waals surface area contributed by atoms with Gasteiger partial charge in [0, 0.05) is 11.1 Å². The van der Waals surface area contributed by atoms with Gasteiger partial charge in [-0.3, -0.25) is 0 Å². The number of aryl methyl sites for hydroxylation is 1. The van der Waals surface area contributed by atoms with Crippen molar-refractivity contribution in [1.82, 2.24) is 0 Å². The largest absolute Gasteiger partial charge is 0.324 e. The third-order valence-electron chi connectivity index (χ3n) is 3.06. The van der Waals surface area contributed by atoms with Crippen molar-refractivity contribution in [2.45, 2.75) is 46.1 Å². The van der Waals surface area contributed by atoms with Gasteiger partial charge in [-0.15, -0.1) is 0 Å². The summed E-state index contributed by atoms with van der Waals surface area (Å²) in [6.07, 6.45) is 3.50. The first-order chi connectivity index (χ1) is 7.54. The second-order valence-electron chi connectivity index (χ2n) is 4.74. The number of hydrogen-bond donors (Lipinski definition) is 1. The van der Waals surface area contributed by atoms with Gasteiger partial charge in [0.25, 0.3) is 0 Å². The van der Waals surface area contributed by atoms with E-state index in [-0.39, 0.29) is 6.04 Å². The van der Waals surface area contributed by atoms with Gasteiger partial charge in [0.15, 0.2) is 0 Å². The van der Waals surface area contributed by atoms with E-state index in [0.717, 1.165) is 22.6 Å². The minimum atomic E-state index is 0.111. The van der Waals surface area contributed by atoms with Gasteiger partial charge in [-0.05, 0) is 36.5 Å². The van der Waals surface area contributed by atoms with Gasteiger partial charge in [0.2, 0.25) is 0 Å². The predicted molar refractivity (Wildman–Crippen MR) is 71.8 cm³/mol. The van der Waals surface area contributed by atoms with E-state index in [4.69, 9.17) is 17.3 Å². The zero-order chi connectivity index (χ0) is 12.1. The number of benzene rings is 1. The van der Waals surface area contributed by atoms with Gasteiger partial charge in [-0.25, -0.2) is 0 Å². The molecule has 16 heavy (non-hydrogen) atoms. The SMILES string of the molecule is CCCC(C)CC(N)c1ccc(C)c(Cl)c1. The maximum atomic E-state index is 6.19. The van der Waals surface area contributed by atoms with Crippen LogP contribution in [0.4, 0.5) is 0 Å². The van der Waals surface area contributed by atoms with Crippen molar-refractivity contribution in [3.05, 3.63) is 34.3 Å². The monoisotopic (exact) mass is 239 g/mol. The summed E-state index contributed by atoms with van der Waals surface area (Å²) in [5, 5.41) is 0.816. The lowest BCUT2D eigenvalue weighted by molar-refractivity contribution is 0.440. The quantitative estimate of drug-likeness (QED) is 0.806. The van der Waals surface area contributed by atoms with Gasteiger partial charge in [-0.1, -0.05) is 50.4 Å². The Balaban J connectivity index is 2.65. The van der Waals surface area contributed by atoms with Gasteiger partial charge in [-0.2, -0.15) is 0 Å². The first-order valence-corrected chi connectivity index (χ1v) is 6.44. The highest BCUT2D eigenvalue weighted by atomic mass is 35.5. The summed E-state index contributed by atoms with van der Waals surface area (Å²) >= 11 is 6.10. The number of halogens is 1. The number of nitrogens with two attached hydrogens (primary N) is 1. The van der Waals surface area contributed by atoms with Crippen LogP contribution < -0.4 is 5.73 Å². The molecule has 0 amide bonds. The van der Waals surface area contributed by atoms with E-state index in [0.29, 0.717) is 5.92 Å². The Kier molecular flexibility index (Phi) is 5.30. The number of rotatable bonds is 5. The van der Waals surface area contributed by atoms with Crippen LogP contribution in [0.3, 0.4) is 0 Å². The van der Waals surface area contributed by atoms with E-state index in [2.05, 4.69) is 19.9 Å². The average molecular weight is 240 g/mol. The van der Waals surface area contributed by atoms with Crippen LogP contribution in [0.1, 0.15) is 50.3 Å². The summed E-state index contributed by atoms with van der Waals surface area (Å²) in [6, 6.07) is 6.24. The molecule has 0 aliphatic rings. The van der Waals surface area contributed by atoms with Crippen LogP contribution >= 0.6 is 11.6 Å². The van der Waals surface area contributed by atoms with Crippen LogP contribution in [-0.2, 0) is 0 Å². The topological polar surface area (TPSA) is 26.0 Å². The highest BCUT2D eigenvalue weighted by Crippen LogP contribution is 2.25. The molecule has 1 rings (SSSR count). The molecule has 0 saturated carbocycles. The Morgan fingerprint density at radius 2 is 2.06 bits per heavy atom. The van der Waals surface area contributed by atoms with Gasteiger partial charge in [0.1, 0.15) is 0 Å². The summed E-state index contributed by atoms with van der Waals surface area (Å²) in [5.74, 6) is 0.681. The lowest BCUT2D eigenvalue weighted by atomic mass is 9.93. The molecule has 0 radical (unpaired) electrons. The summed E-state index contributed by atoms with van der Waals surface area (Å²) in [4.78, 5) is 0. The summed E-state index contributed by atoms with van der Waals surface area (Å²) < 4.78 is 0. The molecule has 0 bridgehead atoms. The van der Waals surface area contributed by atoms with E-state index >= 15 is 0 Å². The molecular weight excluding hydrogens is 218 g/mol. The molecule has 90 valence electrons. The molecule has 0 aromatic heterocycles. The molecule has 1 nitrogen and oxygen atoms in total. The van der Waals surface area contributed by atoms with Crippen LogP contribution in [0.25, 0.3) is 0 Å². The summed E-state index contributed by atoms with van der Waals surface area (Å²) in [5.41, 5.74) is 8.45. The van der Waals surface area contributed by atoms with Crippen molar-refractivity contribution >= 4 is 11.6 Å². The minimum Gasteiger partial charge on any atom is -0.324 e. The van der Waals surface area contributed by atoms with E-state index < -0.39 is 0 Å². The molecule has 0 spiro atoms. The normalized spacial score (nSPS) is 14.8. The van der Waals surface area contributed by atoms with E-state index in [9.17, 15) is 0 Å². The average Bonchev–Trinajstić information content (AvgIpc) is 2.22. The Labute approximate surface area is 104 Å². The molecule has 0 aliphatic carbocycles. The smallest absolute Gasteiger partial charge is 0.0438 e. The predicted octanol–water partition coefficient (Wildman–Crippen LogP) is 4.47. The van der Waals surface area contributed by atoms with Gasteiger partial charge >= 0.3 is 0 Å². The molecule has 0 saturated heterocycles. The van der Waals surface area contributed by atoms with Gasteiger partial charge in [0.05, 0.1) is 0 Å². The lowest BCUT2D eigenvalue weighted by Gasteiger charge is -2.17. The van der Waals surface area contributed by atoms with Crippen LogP contribution in [0.2, 0.25) is 5.02 Å². The standard InChI is InChI=1S/C14H22ClN/c1-4-5-10(2)8-14(16)12-7-6-11(3)13(15)9-12/h6-7,9-10,14H,4-5,8,16H2,1-3H3. The molecular formula is C14H22ClN. The molecule has 1 aromatic rings. The zero-order valence-electron chi connectivity index (χ0n) is 10.5. The Hall–Kier alpha value is -0.530. The molecule has 2 heteroatoms. The maximum Gasteiger partial charge on any atom is 0.0438 e. The molecule has 2 unspecified atom stereocenters. The van der Waals surface area contributed by atoms with Crippen molar-refractivity contribution in [2.75, 3.05) is 0 Å². The molecule has 0 fully saturated rings. The second-order valence-corrected chi connectivity index (χ2v) is 5.15. The molecule has 0 heterocycles. The minimum absolute atomic E-state index is 0.111. The van der Waals surface area contributed by atoms with Crippen LogP contribution in [0.5, 0.6) is 0 Å². The molecule has 2 N–H and O–H groups in total. The molecule has 2 atom stereocenters. The second kappa shape index (κ2) is 6.27. The van der Waals surface area contributed by atoms with Crippen molar-refractivity contribution in [3.63, 3.8) is 0 Å². The van der Waals surface area contributed by atoms with Crippen molar-refractivity contribution in [1.29, 1.82) is 0 Å². The van der Waals surface area contributed by atoms with E-state index in [1.165, 1.54) is 12.8 Å². The zero-order valence-corrected chi connectivity index (χ0v) is 11.2. The van der Waals surface area contributed by atoms with Crippen molar-refractivity contribution in [2.24, 2.45) is 11.7 Å². The Morgan fingerprint density at radius 1 is 1.38 bits per heavy atom. The Morgan fingerprint density at radius 3 is 2.62 bits per heavy atom. The number of hydrogen-bond acceptors (Lipinski definition) is 1. The highest BCUT2D eigenvalue weighted by Gasteiger charge is 2.11. The lowest BCUT2D eigenvalue weighted by Crippen LogP contribution is -2.14. The van der Waals surface area contributed by atoms with Crippen LogP contribution in [0.15, 0.2) is 18.2 Å². The summed E-state index contributed by atoms with van der Waals surface area (Å²) in [6.45, 7) is 6.49. The maximum absolute atomic E-state index is 6.19. The fraction of sp³-hybridized carbons (Fsp3) is 0.571. The Bertz CT molecular complexity index is 336. The molecule has 0 aliphatic heterocycles. The fourth-order valence-electron chi connectivity index (χ4n) is 2.02. The summed E-state index contributed by atoms with van der Waals surface area (Å²) in [7, 11) is 0. The van der Waals surface area contributed by atoms with Gasteiger partial charge < -0.3 is 5.73 Å². The first kappa shape index (κ1) is 13.5. The fourth-order valence-corrected chi connectivity index (χ4v) is 2.21. The van der Waals surface area contributed by atoms with Crippen molar-refractivity contribution < 1.29 is 0 Å². The van der Waals surface area contributed by atoms with E-state index in [1.807, 2.05) is 19.1 Å². The molecule has 1 aromatic carbocycles. The first-order valence-electron chi connectivity index (χ1n) is 6.06.